The van der Waals surface area contributed by atoms with Gasteiger partial charge in [0.1, 0.15) is 11.5 Å². The van der Waals surface area contributed by atoms with E-state index in [4.69, 9.17) is 23.7 Å². The third-order valence-corrected chi connectivity index (χ3v) is 9.53. The van der Waals surface area contributed by atoms with Gasteiger partial charge >= 0.3 is 6.09 Å². The predicted octanol–water partition coefficient (Wildman–Crippen LogP) is 6.46. The van der Waals surface area contributed by atoms with Gasteiger partial charge in [-0.15, -0.1) is 0 Å². The Bertz CT molecular complexity index is 1250. The van der Waals surface area contributed by atoms with Crippen LogP contribution in [0.2, 0.25) is 25.7 Å². The van der Waals surface area contributed by atoms with Gasteiger partial charge in [-0.3, -0.25) is 0 Å². The molecule has 244 valence electrons. The van der Waals surface area contributed by atoms with Gasteiger partial charge in [0.25, 0.3) is 0 Å². The van der Waals surface area contributed by atoms with Crippen molar-refractivity contribution in [3.05, 3.63) is 58.7 Å². The quantitative estimate of drug-likeness (QED) is 0.153. The summed E-state index contributed by atoms with van der Waals surface area (Å²) in [6.45, 7) is 19.0. The number of unbranched alkanes of at least 4 members (excludes halogenated alkanes) is 1. The van der Waals surface area contributed by atoms with Crippen LogP contribution in [-0.4, -0.2) is 51.5 Å². The number of fused-ring (bicyclic) bond motifs is 2. The number of carbonyl (C=O) groups is 1. The van der Waals surface area contributed by atoms with E-state index in [0.29, 0.717) is 39.5 Å². The molecule has 2 aromatic carbocycles. The lowest BCUT2D eigenvalue weighted by atomic mass is 10.0. The summed E-state index contributed by atoms with van der Waals surface area (Å²) >= 11 is 0. The molecule has 0 radical (unpaired) electrons. The van der Waals surface area contributed by atoms with Crippen LogP contribution in [0.4, 0.5) is 4.79 Å². The van der Waals surface area contributed by atoms with E-state index in [1.165, 1.54) is 0 Å². The fraction of sp³-hybridized carbons (Fsp3) is 0.618. The van der Waals surface area contributed by atoms with Crippen molar-refractivity contribution in [2.75, 3.05) is 19.7 Å². The summed E-state index contributed by atoms with van der Waals surface area (Å²) in [6.07, 6.45) is 2.48. The first-order chi connectivity index (χ1) is 20.8. The maximum Gasteiger partial charge on any atom is 0.407 e. The van der Waals surface area contributed by atoms with Crippen molar-refractivity contribution in [2.45, 2.75) is 117 Å². The van der Waals surface area contributed by atoms with Gasteiger partial charge in [-0.25, -0.2) is 4.79 Å². The van der Waals surface area contributed by atoms with Crippen LogP contribution in [0.25, 0.3) is 0 Å². The highest BCUT2D eigenvalue weighted by molar-refractivity contribution is 6.76. The van der Waals surface area contributed by atoms with Crippen molar-refractivity contribution in [1.29, 1.82) is 0 Å². The minimum Gasteiger partial charge on any atom is -0.462 e. The average Bonchev–Trinajstić information content (AvgIpc) is 2.94. The van der Waals surface area contributed by atoms with Crippen molar-refractivity contribution >= 4 is 14.2 Å². The Labute approximate surface area is 264 Å². The van der Waals surface area contributed by atoms with Crippen LogP contribution in [-0.2, 0) is 40.5 Å². The number of alkyl carbamates (subject to hydrolysis) is 1. The van der Waals surface area contributed by atoms with Gasteiger partial charge in [0, 0.05) is 90.2 Å². The topological polar surface area (TPSA) is 99.3 Å². The number of hydrogen-bond donors (Lipinski definition) is 3. The van der Waals surface area contributed by atoms with Gasteiger partial charge in [-0.05, 0) is 18.9 Å². The lowest BCUT2D eigenvalue weighted by Gasteiger charge is -2.34. The van der Waals surface area contributed by atoms with E-state index < -0.39 is 19.6 Å². The molecule has 0 aromatic heterocycles. The minimum absolute atomic E-state index is 0.211. The van der Waals surface area contributed by atoms with E-state index in [1.807, 2.05) is 27.7 Å². The van der Waals surface area contributed by atoms with Crippen molar-refractivity contribution in [1.82, 2.24) is 16.0 Å². The van der Waals surface area contributed by atoms with Crippen LogP contribution >= 0.6 is 0 Å². The summed E-state index contributed by atoms with van der Waals surface area (Å²) in [5, 5.41) is 10.3. The first-order valence-corrected chi connectivity index (χ1v) is 19.7. The standard InChI is InChI=1S/C34H53N3O6Si/c1-33(2)40-23-27-14-10-12-25(30(27)42-33)20-35-22-29(16-8-9-17-36-32(38)39-18-19-44(5,6)7)37-21-26-13-11-15-28-24-41-34(3,4)43-31(26)28/h10-15,29,35,37H,8-9,16-24H2,1-7H3,(H,36,38)/t29-/m0/s1. The third kappa shape index (κ3) is 10.8. The molecule has 0 saturated heterocycles. The van der Waals surface area contributed by atoms with E-state index in [1.54, 1.807) is 0 Å². The van der Waals surface area contributed by atoms with E-state index in [2.05, 4.69) is 72.0 Å². The predicted molar refractivity (Wildman–Crippen MR) is 176 cm³/mol. The maximum absolute atomic E-state index is 12.1. The number of para-hydroxylation sites is 2. The normalized spacial score (nSPS) is 17.4. The molecule has 0 unspecified atom stereocenters. The van der Waals surface area contributed by atoms with Crippen LogP contribution in [0, 0.1) is 0 Å². The Morgan fingerprint density at radius 3 is 2.07 bits per heavy atom. The van der Waals surface area contributed by atoms with Crippen molar-refractivity contribution < 1.29 is 28.5 Å². The monoisotopic (exact) mass is 627 g/mol. The molecule has 0 aliphatic carbocycles. The number of carbonyl (C=O) groups excluding carboxylic acids is 1. The van der Waals surface area contributed by atoms with Crippen LogP contribution < -0.4 is 25.4 Å². The highest BCUT2D eigenvalue weighted by atomic mass is 28.3. The number of rotatable bonds is 15. The molecule has 2 heterocycles. The van der Waals surface area contributed by atoms with E-state index >= 15 is 0 Å². The van der Waals surface area contributed by atoms with Gasteiger partial charge in [0.05, 0.1) is 19.8 Å². The fourth-order valence-electron chi connectivity index (χ4n) is 5.22. The molecule has 2 aliphatic heterocycles. The second-order valence-corrected chi connectivity index (χ2v) is 19.6. The zero-order valence-corrected chi connectivity index (χ0v) is 28.8. The van der Waals surface area contributed by atoms with Crippen molar-refractivity contribution in [3.63, 3.8) is 0 Å². The summed E-state index contributed by atoms with van der Waals surface area (Å²) in [7, 11) is -1.22. The van der Waals surface area contributed by atoms with Gasteiger partial charge in [0.15, 0.2) is 0 Å². The zero-order chi connectivity index (χ0) is 31.8. The highest BCUT2D eigenvalue weighted by Crippen LogP contribution is 2.35. The van der Waals surface area contributed by atoms with Gasteiger partial charge in [-0.2, -0.15) is 0 Å². The fourth-order valence-corrected chi connectivity index (χ4v) is 5.93. The van der Waals surface area contributed by atoms with E-state index in [0.717, 1.165) is 65.6 Å². The smallest absolute Gasteiger partial charge is 0.407 e. The maximum atomic E-state index is 12.1. The van der Waals surface area contributed by atoms with Crippen LogP contribution in [0.1, 0.15) is 69.2 Å². The molecule has 0 spiro atoms. The number of amides is 1. The van der Waals surface area contributed by atoms with E-state index in [9.17, 15) is 4.79 Å². The molecule has 2 aromatic rings. The third-order valence-electron chi connectivity index (χ3n) is 7.82. The Morgan fingerprint density at radius 2 is 1.48 bits per heavy atom. The summed E-state index contributed by atoms with van der Waals surface area (Å²) in [5.74, 6) is 0.543. The SMILES string of the molecule is CC1(C)OCc2cccc(CNC[C@H](CCCCNC(=O)OCC[Si](C)(C)C)NCc3cccc4c3OC(C)(C)OC4)c2O1. The Balaban J connectivity index is 1.32. The molecule has 44 heavy (non-hydrogen) atoms. The van der Waals surface area contributed by atoms with Gasteiger partial charge in [0.2, 0.25) is 11.6 Å². The molecular formula is C34H53N3O6Si. The van der Waals surface area contributed by atoms with Crippen molar-refractivity contribution in [3.8, 4) is 11.5 Å². The summed E-state index contributed by atoms with van der Waals surface area (Å²) < 4.78 is 29.4. The Morgan fingerprint density at radius 1 is 0.886 bits per heavy atom. The Kier molecular flexibility index (Phi) is 11.8. The molecule has 3 N–H and O–H groups in total. The van der Waals surface area contributed by atoms with Crippen LogP contribution in [0.5, 0.6) is 11.5 Å². The average molecular weight is 628 g/mol. The molecule has 4 rings (SSSR count). The van der Waals surface area contributed by atoms with E-state index in [-0.39, 0.29) is 12.1 Å². The molecule has 1 atom stereocenters. The van der Waals surface area contributed by atoms with Gasteiger partial charge < -0.3 is 39.6 Å². The molecule has 9 nitrogen and oxygen atoms in total. The number of benzene rings is 2. The first-order valence-electron chi connectivity index (χ1n) is 16.0. The number of hydrogen-bond acceptors (Lipinski definition) is 8. The lowest BCUT2D eigenvalue weighted by molar-refractivity contribution is -0.180. The summed E-state index contributed by atoms with van der Waals surface area (Å²) in [5.41, 5.74) is 4.40. The highest BCUT2D eigenvalue weighted by Gasteiger charge is 2.30. The number of nitrogens with one attached hydrogen (secondary N) is 3. The second kappa shape index (κ2) is 15.1. The lowest BCUT2D eigenvalue weighted by Crippen LogP contribution is -2.40. The second-order valence-electron chi connectivity index (χ2n) is 14.0. The van der Waals surface area contributed by atoms with Gasteiger partial charge in [-0.1, -0.05) is 62.5 Å². The first kappa shape index (κ1) is 34.2. The molecule has 1 amide bonds. The summed E-state index contributed by atoms with van der Waals surface area (Å²) in [6, 6.07) is 13.7. The van der Waals surface area contributed by atoms with Crippen molar-refractivity contribution in [2.24, 2.45) is 0 Å². The molecule has 0 saturated carbocycles. The zero-order valence-electron chi connectivity index (χ0n) is 27.8. The Hall–Kier alpha value is -2.63. The molecule has 10 heteroatoms. The molecule has 0 bridgehead atoms. The summed E-state index contributed by atoms with van der Waals surface area (Å²) in [4.78, 5) is 12.1. The molecule has 2 aliphatic rings. The molecular weight excluding hydrogens is 574 g/mol. The minimum atomic E-state index is -1.22. The van der Waals surface area contributed by atoms with Crippen LogP contribution in [0.3, 0.4) is 0 Å². The number of ether oxygens (including phenoxy) is 5. The van der Waals surface area contributed by atoms with Crippen LogP contribution in [0.15, 0.2) is 36.4 Å². The molecule has 0 fully saturated rings. The largest absolute Gasteiger partial charge is 0.462 e.